The van der Waals surface area contributed by atoms with Gasteiger partial charge in [0.1, 0.15) is 0 Å². The Morgan fingerprint density at radius 2 is 2.27 bits per heavy atom. The molecule has 1 atom stereocenters. The van der Waals surface area contributed by atoms with Gasteiger partial charge in [-0.05, 0) is 17.5 Å². The fourth-order valence-corrected chi connectivity index (χ4v) is 2.28. The summed E-state index contributed by atoms with van der Waals surface area (Å²) in [6, 6.07) is 8.30. The van der Waals surface area contributed by atoms with Crippen molar-refractivity contribution < 1.29 is 4.79 Å². The number of carbonyl (C=O) groups excluding carboxylic acids is 1. The summed E-state index contributed by atoms with van der Waals surface area (Å²) in [5, 5.41) is 0. The van der Waals surface area contributed by atoms with E-state index >= 15 is 0 Å². The van der Waals surface area contributed by atoms with Crippen LogP contribution < -0.4 is 5.73 Å². The molecule has 1 heterocycles. The van der Waals surface area contributed by atoms with Crippen molar-refractivity contribution in [3.05, 3.63) is 35.4 Å². The van der Waals surface area contributed by atoms with Crippen LogP contribution in [-0.2, 0) is 11.2 Å². The Balaban J connectivity index is 2.38. The molecule has 3 nitrogen and oxygen atoms in total. The van der Waals surface area contributed by atoms with E-state index in [0.29, 0.717) is 6.54 Å². The topological polar surface area (TPSA) is 46.3 Å². The average molecular weight is 204 g/mol. The fourth-order valence-electron chi connectivity index (χ4n) is 2.28. The molecule has 1 aromatic rings. The third-order valence-electron chi connectivity index (χ3n) is 3.04. The van der Waals surface area contributed by atoms with Crippen molar-refractivity contribution in [2.24, 2.45) is 5.73 Å². The van der Waals surface area contributed by atoms with Gasteiger partial charge in [0.25, 0.3) is 0 Å². The van der Waals surface area contributed by atoms with Gasteiger partial charge in [0.15, 0.2) is 0 Å². The van der Waals surface area contributed by atoms with Crippen molar-refractivity contribution >= 4 is 5.91 Å². The van der Waals surface area contributed by atoms with Gasteiger partial charge in [-0.1, -0.05) is 24.3 Å². The molecule has 1 aliphatic rings. The lowest BCUT2D eigenvalue weighted by molar-refractivity contribution is -0.131. The Morgan fingerprint density at radius 3 is 2.93 bits per heavy atom. The first-order valence-corrected chi connectivity index (χ1v) is 5.29. The van der Waals surface area contributed by atoms with Crippen molar-refractivity contribution in [1.29, 1.82) is 0 Å². The molecule has 2 N–H and O–H groups in total. The van der Waals surface area contributed by atoms with Gasteiger partial charge < -0.3 is 10.6 Å². The maximum atomic E-state index is 11.4. The molecule has 0 fully saturated rings. The molecule has 0 saturated carbocycles. The lowest BCUT2D eigenvalue weighted by Gasteiger charge is -2.36. The molecule has 0 radical (unpaired) electrons. The van der Waals surface area contributed by atoms with Crippen molar-refractivity contribution in [2.45, 2.75) is 19.4 Å². The highest BCUT2D eigenvalue weighted by Gasteiger charge is 2.27. The minimum absolute atomic E-state index is 0.0625. The van der Waals surface area contributed by atoms with Crippen LogP contribution in [0.15, 0.2) is 24.3 Å². The average Bonchev–Trinajstić information content (AvgIpc) is 2.27. The maximum Gasteiger partial charge on any atom is 0.220 e. The Kier molecular flexibility index (Phi) is 2.73. The van der Waals surface area contributed by atoms with E-state index in [2.05, 4.69) is 12.1 Å². The highest BCUT2D eigenvalue weighted by molar-refractivity contribution is 5.74. The van der Waals surface area contributed by atoms with Crippen LogP contribution >= 0.6 is 0 Å². The van der Waals surface area contributed by atoms with E-state index in [9.17, 15) is 4.79 Å². The quantitative estimate of drug-likeness (QED) is 0.744. The lowest BCUT2D eigenvalue weighted by Crippen LogP contribution is -2.41. The zero-order chi connectivity index (χ0) is 10.8. The first-order valence-electron chi connectivity index (χ1n) is 5.29. The minimum Gasteiger partial charge on any atom is -0.334 e. The Bertz CT molecular complexity index is 376. The maximum absolute atomic E-state index is 11.4. The fraction of sp³-hybridized carbons (Fsp3) is 0.417. The van der Waals surface area contributed by atoms with Crippen LogP contribution in [0.3, 0.4) is 0 Å². The Morgan fingerprint density at radius 1 is 1.53 bits per heavy atom. The number of rotatable bonds is 1. The summed E-state index contributed by atoms with van der Waals surface area (Å²) in [7, 11) is 0. The summed E-state index contributed by atoms with van der Waals surface area (Å²) >= 11 is 0. The molecular weight excluding hydrogens is 188 g/mol. The summed E-state index contributed by atoms with van der Waals surface area (Å²) in [5.74, 6) is 0.111. The molecule has 1 amide bonds. The summed E-state index contributed by atoms with van der Waals surface area (Å²) in [5.41, 5.74) is 8.29. The summed E-state index contributed by atoms with van der Waals surface area (Å²) < 4.78 is 0. The van der Waals surface area contributed by atoms with Crippen LogP contribution in [0.5, 0.6) is 0 Å². The number of carbonyl (C=O) groups is 1. The van der Waals surface area contributed by atoms with Crippen LogP contribution in [0.2, 0.25) is 0 Å². The van der Waals surface area contributed by atoms with Crippen molar-refractivity contribution in [1.82, 2.24) is 4.90 Å². The van der Waals surface area contributed by atoms with Gasteiger partial charge in [0, 0.05) is 20.0 Å². The van der Waals surface area contributed by atoms with E-state index in [4.69, 9.17) is 5.73 Å². The number of hydrogen-bond acceptors (Lipinski definition) is 2. The van der Waals surface area contributed by atoms with E-state index in [1.807, 2.05) is 17.0 Å². The van der Waals surface area contributed by atoms with Crippen molar-refractivity contribution in [3.8, 4) is 0 Å². The minimum atomic E-state index is 0.0625. The monoisotopic (exact) mass is 204 g/mol. The van der Waals surface area contributed by atoms with E-state index < -0.39 is 0 Å². The lowest BCUT2D eigenvalue weighted by atomic mass is 9.92. The third-order valence-corrected chi connectivity index (χ3v) is 3.04. The highest BCUT2D eigenvalue weighted by Crippen LogP contribution is 2.28. The molecule has 1 unspecified atom stereocenters. The normalized spacial score (nSPS) is 19.9. The van der Waals surface area contributed by atoms with Gasteiger partial charge in [-0.25, -0.2) is 0 Å². The molecule has 1 aromatic carbocycles. The van der Waals surface area contributed by atoms with Crippen LogP contribution in [0.25, 0.3) is 0 Å². The number of fused-ring (bicyclic) bond motifs is 1. The highest BCUT2D eigenvalue weighted by atomic mass is 16.2. The number of benzene rings is 1. The zero-order valence-electron chi connectivity index (χ0n) is 8.94. The molecule has 1 aliphatic heterocycles. The van der Waals surface area contributed by atoms with E-state index in [1.165, 1.54) is 11.1 Å². The van der Waals surface area contributed by atoms with E-state index in [-0.39, 0.29) is 11.9 Å². The largest absolute Gasteiger partial charge is 0.334 e. The molecule has 0 aliphatic carbocycles. The van der Waals surface area contributed by atoms with Gasteiger partial charge in [-0.15, -0.1) is 0 Å². The second kappa shape index (κ2) is 4.03. The summed E-state index contributed by atoms with van der Waals surface area (Å²) in [6.07, 6.45) is 0.937. The zero-order valence-corrected chi connectivity index (χ0v) is 8.94. The van der Waals surface area contributed by atoms with Gasteiger partial charge in [-0.2, -0.15) is 0 Å². The van der Waals surface area contributed by atoms with Gasteiger partial charge in [0.2, 0.25) is 5.91 Å². The molecule has 80 valence electrons. The molecule has 2 rings (SSSR count). The standard InChI is InChI=1S/C12H16N2O/c1-9(15)14-7-6-10-4-2-3-5-11(10)12(14)8-13/h2-5,12H,6-8,13H2,1H3. The first-order chi connectivity index (χ1) is 7.24. The van der Waals surface area contributed by atoms with Gasteiger partial charge in [0.05, 0.1) is 6.04 Å². The number of nitrogens with zero attached hydrogens (tertiary/aromatic N) is 1. The first kappa shape index (κ1) is 10.2. The third kappa shape index (κ3) is 1.75. The van der Waals surface area contributed by atoms with Crippen LogP contribution in [-0.4, -0.2) is 23.9 Å². The van der Waals surface area contributed by atoms with Crippen molar-refractivity contribution in [2.75, 3.05) is 13.1 Å². The summed E-state index contributed by atoms with van der Waals surface area (Å²) in [4.78, 5) is 13.3. The molecule has 0 bridgehead atoms. The molecule has 0 spiro atoms. The predicted octanol–water partition coefficient (Wildman–Crippen LogP) is 1.09. The molecule has 0 aromatic heterocycles. The molecule has 15 heavy (non-hydrogen) atoms. The van der Waals surface area contributed by atoms with Crippen molar-refractivity contribution in [3.63, 3.8) is 0 Å². The number of amides is 1. The van der Waals surface area contributed by atoms with Crippen LogP contribution in [0, 0.1) is 0 Å². The Labute approximate surface area is 89.9 Å². The molecule has 3 heteroatoms. The van der Waals surface area contributed by atoms with Crippen LogP contribution in [0.4, 0.5) is 0 Å². The predicted molar refractivity (Wildman–Crippen MR) is 59.3 cm³/mol. The second-order valence-corrected chi connectivity index (χ2v) is 3.91. The molecular formula is C12H16N2O. The SMILES string of the molecule is CC(=O)N1CCc2ccccc2C1CN. The summed E-state index contributed by atoms with van der Waals surface area (Å²) in [6.45, 7) is 2.89. The molecule has 0 saturated heterocycles. The van der Waals surface area contributed by atoms with Gasteiger partial charge in [-0.3, -0.25) is 4.79 Å². The smallest absolute Gasteiger partial charge is 0.220 e. The number of hydrogen-bond donors (Lipinski definition) is 1. The number of nitrogens with two attached hydrogens (primary N) is 1. The Hall–Kier alpha value is -1.35. The van der Waals surface area contributed by atoms with E-state index in [0.717, 1.165) is 13.0 Å². The van der Waals surface area contributed by atoms with Gasteiger partial charge >= 0.3 is 0 Å². The van der Waals surface area contributed by atoms with E-state index in [1.54, 1.807) is 6.92 Å². The second-order valence-electron chi connectivity index (χ2n) is 3.91. The van der Waals surface area contributed by atoms with Crippen LogP contribution in [0.1, 0.15) is 24.1 Å².